The Morgan fingerprint density at radius 3 is 2.46 bits per heavy atom. The van der Waals surface area contributed by atoms with E-state index in [4.69, 9.17) is 0 Å². The number of para-hydroxylation sites is 1. The molecular formula is C20H21N3O2S. The van der Waals surface area contributed by atoms with Gasteiger partial charge < -0.3 is 4.90 Å². The van der Waals surface area contributed by atoms with Gasteiger partial charge in [-0.05, 0) is 24.6 Å². The van der Waals surface area contributed by atoms with E-state index in [-0.39, 0.29) is 23.3 Å². The normalized spacial score (nSPS) is 12.1. The van der Waals surface area contributed by atoms with Crippen LogP contribution in [0.1, 0.15) is 18.5 Å². The summed E-state index contributed by atoms with van der Waals surface area (Å²) in [6.45, 7) is 1.98. The number of carbonyl (C=O) groups is 1. The number of benzene rings is 2. The van der Waals surface area contributed by atoms with Crippen LogP contribution in [-0.4, -0.2) is 40.2 Å². The molecule has 26 heavy (non-hydrogen) atoms. The van der Waals surface area contributed by atoms with Crippen molar-refractivity contribution < 1.29 is 4.79 Å². The summed E-state index contributed by atoms with van der Waals surface area (Å²) in [6, 6.07) is 17.0. The van der Waals surface area contributed by atoms with Gasteiger partial charge in [-0.3, -0.25) is 14.2 Å². The topological polar surface area (TPSA) is 55.2 Å². The second-order valence-electron chi connectivity index (χ2n) is 6.25. The number of hydrogen-bond acceptors (Lipinski definition) is 4. The molecule has 1 unspecified atom stereocenters. The molecule has 1 atom stereocenters. The minimum atomic E-state index is -0.183. The highest BCUT2D eigenvalue weighted by atomic mass is 32.2. The van der Waals surface area contributed by atoms with Crippen LogP contribution in [0.15, 0.2) is 64.5 Å². The molecule has 0 aliphatic heterocycles. The Kier molecular flexibility index (Phi) is 5.42. The average Bonchev–Trinajstić information content (AvgIpc) is 2.66. The monoisotopic (exact) mass is 367 g/mol. The molecule has 0 N–H and O–H groups in total. The molecule has 2 aromatic carbocycles. The van der Waals surface area contributed by atoms with Gasteiger partial charge in [-0.1, -0.05) is 54.2 Å². The van der Waals surface area contributed by atoms with Gasteiger partial charge in [0.1, 0.15) is 0 Å². The fourth-order valence-electron chi connectivity index (χ4n) is 2.70. The summed E-state index contributed by atoms with van der Waals surface area (Å²) in [6.07, 6.45) is 0. The van der Waals surface area contributed by atoms with Crippen molar-refractivity contribution in [2.45, 2.75) is 18.1 Å². The zero-order valence-corrected chi connectivity index (χ0v) is 15.9. The van der Waals surface area contributed by atoms with E-state index in [9.17, 15) is 9.59 Å². The van der Waals surface area contributed by atoms with E-state index in [0.29, 0.717) is 16.1 Å². The van der Waals surface area contributed by atoms with Gasteiger partial charge in [0.2, 0.25) is 5.91 Å². The first-order valence-electron chi connectivity index (χ1n) is 8.38. The van der Waals surface area contributed by atoms with Crippen molar-refractivity contribution in [3.8, 4) is 0 Å². The first-order valence-corrected chi connectivity index (χ1v) is 9.36. The molecule has 0 fully saturated rings. The van der Waals surface area contributed by atoms with Gasteiger partial charge in [0.25, 0.3) is 5.56 Å². The Morgan fingerprint density at radius 2 is 1.77 bits per heavy atom. The van der Waals surface area contributed by atoms with Gasteiger partial charge in [-0.15, -0.1) is 0 Å². The number of fused-ring (bicyclic) bond motifs is 1. The van der Waals surface area contributed by atoms with Crippen LogP contribution in [0.2, 0.25) is 0 Å². The fraction of sp³-hybridized carbons (Fsp3) is 0.250. The zero-order valence-electron chi connectivity index (χ0n) is 15.0. The second-order valence-corrected chi connectivity index (χ2v) is 7.19. The number of rotatable bonds is 5. The number of aromatic nitrogens is 2. The maximum Gasteiger partial charge on any atom is 0.262 e. The van der Waals surface area contributed by atoms with Gasteiger partial charge in [0, 0.05) is 14.1 Å². The lowest BCUT2D eigenvalue weighted by Gasteiger charge is -2.20. The highest BCUT2D eigenvalue weighted by molar-refractivity contribution is 7.99. The molecule has 1 amide bonds. The lowest BCUT2D eigenvalue weighted by atomic mass is 10.1. The Hall–Kier alpha value is -2.60. The van der Waals surface area contributed by atoms with E-state index >= 15 is 0 Å². The standard InChI is InChI=1S/C20H21N3O2S/c1-14(15-9-5-4-6-10-15)23-19(25)16-11-7-8-12-17(16)21-20(23)26-13-18(24)22(2)3/h4-12,14H,13H2,1-3H3. The van der Waals surface area contributed by atoms with Crippen LogP contribution in [0.25, 0.3) is 10.9 Å². The van der Waals surface area contributed by atoms with Gasteiger partial charge in [-0.25, -0.2) is 4.98 Å². The fourth-order valence-corrected chi connectivity index (χ4v) is 3.76. The third kappa shape index (κ3) is 3.65. The van der Waals surface area contributed by atoms with Crippen molar-refractivity contribution in [2.75, 3.05) is 19.8 Å². The van der Waals surface area contributed by atoms with Gasteiger partial charge in [0.15, 0.2) is 5.16 Å². The van der Waals surface area contributed by atoms with E-state index < -0.39 is 0 Å². The van der Waals surface area contributed by atoms with Crippen LogP contribution in [0.4, 0.5) is 0 Å². The van der Waals surface area contributed by atoms with Crippen molar-refractivity contribution in [3.05, 3.63) is 70.5 Å². The lowest BCUT2D eigenvalue weighted by Crippen LogP contribution is -2.28. The summed E-state index contributed by atoms with van der Waals surface area (Å²) in [5.41, 5.74) is 1.58. The third-order valence-electron chi connectivity index (χ3n) is 4.27. The van der Waals surface area contributed by atoms with Crippen molar-refractivity contribution in [3.63, 3.8) is 0 Å². The van der Waals surface area contributed by atoms with Crippen molar-refractivity contribution >= 4 is 28.6 Å². The summed E-state index contributed by atoms with van der Waals surface area (Å²) < 4.78 is 1.69. The quantitative estimate of drug-likeness (QED) is 0.513. The highest BCUT2D eigenvalue weighted by Crippen LogP contribution is 2.24. The van der Waals surface area contributed by atoms with Crippen LogP contribution in [0, 0.1) is 0 Å². The molecule has 3 aromatic rings. The molecule has 0 spiro atoms. The Bertz CT molecular complexity index is 983. The molecule has 0 aliphatic rings. The first-order chi connectivity index (χ1) is 12.5. The SMILES string of the molecule is CC(c1ccccc1)n1c(SCC(=O)N(C)C)nc2ccccc2c1=O. The molecule has 0 radical (unpaired) electrons. The summed E-state index contributed by atoms with van der Waals surface area (Å²) in [5.74, 6) is 0.218. The molecule has 6 heteroatoms. The Labute approximate surface area is 156 Å². The number of amides is 1. The Balaban J connectivity index is 2.11. The van der Waals surface area contributed by atoms with Gasteiger partial charge in [0.05, 0.1) is 22.7 Å². The molecule has 3 rings (SSSR count). The minimum Gasteiger partial charge on any atom is -0.348 e. The van der Waals surface area contributed by atoms with Gasteiger partial charge in [-0.2, -0.15) is 0 Å². The molecule has 1 heterocycles. The van der Waals surface area contributed by atoms with Crippen molar-refractivity contribution in [1.29, 1.82) is 0 Å². The number of carbonyl (C=O) groups excluding carboxylic acids is 1. The maximum absolute atomic E-state index is 13.2. The summed E-state index contributed by atoms with van der Waals surface area (Å²) in [4.78, 5) is 31.4. The number of hydrogen-bond donors (Lipinski definition) is 0. The predicted octanol–water partition coefficient (Wildman–Crippen LogP) is 3.19. The first kappa shape index (κ1) is 18.2. The minimum absolute atomic E-state index is 0.0173. The van der Waals surface area contributed by atoms with Crippen LogP contribution in [0.5, 0.6) is 0 Å². The van der Waals surface area contributed by atoms with E-state index in [1.165, 1.54) is 16.7 Å². The van der Waals surface area contributed by atoms with E-state index in [1.807, 2.05) is 55.5 Å². The summed E-state index contributed by atoms with van der Waals surface area (Å²) >= 11 is 1.30. The second kappa shape index (κ2) is 7.74. The third-order valence-corrected chi connectivity index (χ3v) is 5.21. The van der Waals surface area contributed by atoms with Crippen molar-refractivity contribution in [1.82, 2.24) is 14.5 Å². The van der Waals surface area contributed by atoms with E-state index in [1.54, 1.807) is 24.7 Å². The molecule has 0 aliphatic carbocycles. The smallest absolute Gasteiger partial charge is 0.262 e. The Morgan fingerprint density at radius 1 is 1.12 bits per heavy atom. The molecule has 134 valence electrons. The van der Waals surface area contributed by atoms with Crippen LogP contribution in [0.3, 0.4) is 0 Å². The lowest BCUT2D eigenvalue weighted by molar-refractivity contribution is -0.125. The molecule has 5 nitrogen and oxygen atoms in total. The zero-order chi connectivity index (χ0) is 18.7. The van der Waals surface area contributed by atoms with E-state index in [2.05, 4.69) is 4.98 Å². The van der Waals surface area contributed by atoms with Gasteiger partial charge >= 0.3 is 0 Å². The predicted molar refractivity (Wildman–Crippen MR) is 106 cm³/mol. The van der Waals surface area contributed by atoms with Crippen LogP contribution >= 0.6 is 11.8 Å². The highest BCUT2D eigenvalue weighted by Gasteiger charge is 2.19. The van der Waals surface area contributed by atoms with E-state index in [0.717, 1.165) is 5.56 Å². The summed E-state index contributed by atoms with van der Waals surface area (Å²) in [5, 5.41) is 1.14. The molecule has 0 bridgehead atoms. The molecule has 1 aromatic heterocycles. The number of nitrogens with zero attached hydrogens (tertiary/aromatic N) is 3. The summed E-state index contributed by atoms with van der Waals surface area (Å²) in [7, 11) is 3.44. The number of thioether (sulfide) groups is 1. The van der Waals surface area contributed by atoms with Crippen LogP contribution < -0.4 is 5.56 Å². The largest absolute Gasteiger partial charge is 0.348 e. The van der Waals surface area contributed by atoms with Crippen LogP contribution in [-0.2, 0) is 4.79 Å². The van der Waals surface area contributed by atoms with Crippen molar-refractivity contribution in [2.24, 2.45) is 0 Å². The molecule has 0 saturated carbocycles. The molecule has 0 saturated heterocycles. The maximum atomic E-state index is 13.2. The molecular weight excluding hydrogens is 346 g/mol. The average molecular weight is 367 g/mol.